The van der Waals surface area contributed by atoms with Crippen LogP contribution in [0.3, 0.4) is 0 Å². The van der Waals surface area contributed by atoms with E-state index in [1.807, 2.05) is 13.0 Å². The van der Waals surface area contributed by atoms with Crippen LogP contribution in [0.1, 0.15) is 12.5 Å². The molecular weight excluding hydrogens is 292 g/mol. The molecule has 0 radical (unpaired) electrons. The lowest BCUT2D eigenvalue weighted by Gasteiger charge is -2.02. The van der Waals surface area contributed by atoms with Crippen LogP contribution >= 0.6 is 27.5 Å². The van der Waals surface area contributed by atoms with E-state index >= 15 is 0 Å². The Bertz CT molecular complexity index is 437. The Balaban J connectivity index is 2.77. The maximum absolute atomic E-state index is 13.1. The summed E-state index contributed by atoms with van der Waals surface area (Å²) in [6.45, 7) is 1.91. The highest BCUT2D eigenvalue weighted by Crippen LogP contribution is 2.17. The van der Waals surface area contributed by atoms with Crippen molar-refractivity contribution in [2.45, 2.75) is 13.3 Å². The van der Waals surface area contributed by atoms with Crippen molar-refractivity contribution in [2.75, 3.05) is 0 Å². The molecule has 1 rings (SSSR count). The van der Waals surface area contributed by atoms with Gasteiger partial charge in [0.25, 0.3) is 0 Å². The first kappa shape index (κ1) is 13.3. The molecule has 0 heterocycles. The Hall–Kier alpha value is -0.800. The van der Waals surface area contributed by atoms with E-state index in [2.05, 4.69) is 15.9 Å². The van der Waals surface area contributed by atoms with E-state index < -0.39 is 5.82 Å². The Morgan fingerprint density at radius 1 is 1.50 bits per heavy atom. The van der Waals surface area contributed by atoms with Gasteiger partial charge in [-0.1, -0.05) is 39.7 Å². The molecule has 0 bridgehead atoms. The standard InChI is InChI=1S/C12H12BrClFN/c1-8(13)2-4-10(16)6-9-3-5-11(14)12(15)7-9/h2-5,7H,6,16H2,1H3/b8-2+,10-4-. The molecule has 16 heavy (non-hydrogen) atoms. The van der Waals surface area contributed by atoms with Crippen molar-refractivity contribution in [3.63, 3.8) is 0 Å². The second-order valence-corrected chi connectivity index (χ2v) is 5.08. The Labute approximate surface area is 108 Å². The normalized spacial score (nSPS) is 13.0. The number of rotatable bonds is 3. The SMILES string of the molecule is C/C(Br)=C\C=C(/N)Cc1ccc(Cl)c(F)c1. The minimum Gasteiger partial charge on any atom is -0.402 e. The molecule has 0 aliphatic heterocycles. The molecule has 0 atom stereocenters. The molecule has 0 amide bonds. The largest absolute Gasteiger partial charge is 0.402 e. The molecule has 0 saturated carbocycles. The van der Waals surface area contributed by atoms with E-state index in [-0.39, 0.29) is 5.02 Å². The molecule has 86 valence electrons. The third kappa shape index (κ3) is 4.37. The van der Waals surface area contributed by atoms with E-state index in [0.29, 0.717) is 12.1 Å². The predicted octanol–water partition coefficient (Wildman–Crippen LogP) is 4.16. The van der Waals surface area contributed by atoms with E-state index in [1.54, 1.807) is 12.1 Å². The Morgan fingerprint density at radius 3 is 2.75 bits per heavy atom. The molecule has 0 aliphatic carbocycles. The first-order chi connectivity index (χ1) is 7.49. The van der Waals surface area contributed by atoms with Crippen molar-refractivity contribution in [2.24, 2.45) is 5.73 Å². The first-order valence-corrected chi connectivity index (χ1v) is 5.88. The zero-order valence-electron chi connectivity index (χ0n) is 8.81. The van der Waals surface area contributed by atoms with Crippen LogP contribution in [-0.4, -0.2) is 0 Å². The summed E-state index contributed by atoms with van der Waals surface area (Å²) in [5.41, 5.74) is 7.25. The van der Waals surface area contributed by atoms with Crippen molar-refractivity contribution >= 4 is 27.5 Å². The fourth-order valence-corrected chi connectivity index (χ4v) is 1.42. The van der Waals surface area contributed by atoms with Gasteiger partial charge in [0.2, 0.25) is 0 Å². The van der Waals surface area contributed by atoms with Gasteiger partial charge in [-0.25, -0.2) is 4.39 Å². The molecular formula is C12H12BrClFN. The lowest BCUT2D eigenvalue weighted by molar-refractivity contribution is 0.626. The van der Waals surface area contributed by atoms with E-state index in [0.717, 1.165) is 10.0 Å². The number of allylic oxidation sites excluding steroid dienone is 4. The van der Waals surface area contributed by atoms with Crippen LogP contribution in [0.4, 0.5) is 4.39 Å². The maximum atomic E-state index is 13.1. The lowest BCUT2D eigenvalue weighted by atomic mass is 10.1. The highest BCUT2D eigenvalue weighted by atomic mass is 79.9. The topological polar surface area (TPSA) is 26.0 Å². The van der Waals surface area contributed by atoms with Gasteiger partial charge in [-0.3, -0.25) is 0 Å². The fourth-order valence-electron chi connectivity index (χ4n) is 1.17. The summed E-state index contributed by atoms with van der Waals surface area (Å²) in [7, 11) is 0. The molecule has 1 nitrogen and oxygen atoms in total. The highest BCUT2D eigenvalue weighted by Gasteiger charge is 2.01. The molecule has 1 aromatic carbocycles. The van der Waals surface area contributed by atoms with Crippen LogP contribution in [0.25, 0.3) is 0 Å². The van der Waals surface area contributed by atoms with Gasteiger partial charge in [0.1, 0.15) is 5.82 Å². The molecule has 4 heteroatoms. The van der Waals surface area contributed by atoms with Crippen LogP contribution < -0.4 is 5.73 Å². The van der Waals surface area contributed by atoms with Crippen molar-refractivity contribution in [3.8, 4) is 0 Å². The van der Waals surface area contributed by atoms with Crippen LogP contribution in [0.5, 0.6) is 0 Å². The smallest absolute Gasteiger partial charge is 0.142 e. The van der Waals surface area contributed by atoms with Gasteiger partial charge in [-0.2, -0.15) is 0 Å². The molecule has 0 aliphatic rings. The average Bonchev–Trinajstić information content (AvgIpc) is 2.21. The summed E-state index contributed by atoms with van der Waals surface area (Å²) >= 11 is 8.88. The van der Waals surface area contributed by atoms with Gasteiger partial charge < -0.3 is 5.73 Å². The van der Waals surface area contributed by atoms with Gasteiger partial charge in [0.15, 0.2) is 0 Å². The van der Waals surface area contributed by atoms with Gasteiger partial charge in [-0.15, -0.1) is 0 Å². The summed E-state index contributed by atoms with van der Waals surface area (Å²) in [6.07, 6.45) is 4.14. The van der Waals surface area contributed by atoms with Crippen LogP contribution in [0, 0.1) is 5.82 Å². The first-order valence-electron chi connectivity index (χ1n) is 4.71. The van der Waals surface area contributed by atoms with E-state index in [1.165, 1.54) is 12.1 Å². The van der Waals surface area contributed by atoms with Crippen LogP contribution in [-0.2, 0) is 6.42 Å². The zero-order valence-corrected chi connectivity index (χ0v) is 11.1. The quantitative estimate of drug-likeness (QED) is 0.834. The molecule has 0 unspecified atom stereocenters. The number of benzene rings is 1. The summed E-state index contributed by atoms with van der Waals surface area (Å²) in [6, 6.07) is 4.69. The number of nitrogens with two attached hydrogens (primary N) is 1. The minimum absolute atomic E-state index is 0.127. The molecule has 0 aromatic heterocycles. The molecule has 1 aromatic rings. The van der Waals surface area contributed by atoms with E-state index in [4.69, 9.17) is 17.3 Å². The number of hydrogen-bond acceptors (Lipinski definition) is 1. The third-order valence-corrected chi connectivity index (χ3v) is 2.49. The van der Waals surface area contributed by atoms with Crippen molar-refractivity contribution in [1.82, 2.24) is 0 Å². The Morgan fingerprint density at radius 2 is 2.19 bits per heavy atom. The maximum Gasteiger partial charge on any atom is 0.142 e. The van der Waals surface area contributed by atoms with Gasteiger partial charge in [0, 0.05) is 12.1 Å². The summed E-state index contributed by atoms with van der Waals surface area (Å²) in [4.78, 5) is 0. The van der Waals surface area contributed by atoms with Crippen molar-refractivity contribution < 1.29 is 4.39 Å². The zero-order chi connectivity index (χ0) is 12.1. The number of halogens is 3. The highest BCUT2D eigenvalue weighted by molar-refractivity contribution is 9.11. The second-order valence-electron chi connectivity index (χ2n) is 3.42. The van der Waals surface area contributed by atoms with Crippen molar-refractivity contribution in [1.29, 1.82) is 0 Å². The van der Waals surface area contributed by atoms with Gasteiger partial charge in [0.05, 0.1) is 5.02 Å². The number of hydrogen-bond donors (Lipinski definition) is 1. The van der Waals surface area contributed by atoms with Crippen molar-refractivity contribution in [3.05, 3.63) is 56.9 Å². The molecule has 2 N–H and O–H groups in total. The average molecular weight is 305 g/mol. The van der Waals surface area contributed by atoms with Gasteiger partial charge >= 0.3 is 0 Å². The summed E-state index contributed by atoms with van der Waals surface area (Å²) < 4.78 is 14.1. The second kappa shape index (κ2) is 6.06. The van der Waals surface area contributed by atoms with Crippen LogP contribution in [0.15, 0.2) is 40.5 Å². The predicted molar refractivity (Wildman–Crippen MR) is 70.1 cm³/mol. The minimum atomic E-state index is -0.417. The molecule has 0 fully saturated rings. The fraction of sp³-hybridized carbons (Fsp3) is 0.167. The monoisotopic (exact) mass is 303 g/mol. The Kier molecular flexibility index (Phi) is 5.03. The molecule has 0 spiro atoms. The third-order valence-electron chi connectivity index (χ3n) is 1.92. The molecule has 0 saturated heterocycles. The lowest BCUT2D eigenvalue weighted by Crippen LogP contribution is -2.01. The van der Waals surface area contributed by atoms with Crippen LogP contribution in [0.2, 0.25) is 5.02 Å². The summed E-state index contributed by atoms with van der Waals surface area (Å²) in [5.74, 6) is -0.417. The van der Waals surface area contributed by atoms with E-state index in [9.17, 15) is 4.39 Å². The van der Waals surface area contributed by atoms with Gasteiger partial charge in [-0.05, 0) is 35.2 Å². The summed E-state index contributed by atoms with van der Waals surface area (Å²) in [5, 5.41) is 0.127.